The van der Waals surface area contributed by atoms with Crippen LogP contribution in [-0.4, -0.2) is 68.1 Å². The van der Waals surface area contributed by atoms with Crippen molar-refractivity contribution in [1.29, 1.82) is 0 Å². The molecule has 6 rings (SSSR count). The van der Waals surface area contributed by atoms with E-state index >= 15 is 4.79 Å². The average molecular weight is 713 g/mol. The van der Waals surface area contributed by atoms with E-state index in [1.54, 1.807) is 13.8 Å². The van der Waals surface area contributed by atoms with E-state index < -0.39 is 41.4 Å². The molecule has 0 saturated carbocycles. The van der Waals surface area contributed by atoms with E-state index in [-0.39, 0.29) is 83.8 Å². The number of rotatable bonds is 15. The Balaban J connectivity index is 1.32. The standard InChI is InChI=1S/C40H44N2O10/c1-3-48-34(45)21-29-22-41-36-31(52-29)20-28-19-30(39(47)49-4-2)42-25-40(38(46)35(36)37(28)42,17-15-32(43)50-23-26-11-7-5-8-12-26)18-16-33(44)51-24-27-13-9-6-10-14-27/h5-14,20,29-30,41H,3-4,15-19,21-25H2,1-2H3. The van der Waals surface area contributed by atoms with E-state index in [1.165, 1.54) is 0 Å². The molecular formula is C40H44N2O10. The van der Waals surface area contributed by atoms with Gasteiger partial charge in [-0.05, 0) is 49.4 Å². The zero-order chi connectivity index (χ0) is 36.7. The van der Waals surface area contributed by atoms with Gasteiger partial charge in [-0.2, -0.15) is 0 Å². The van der Waals surface area contributed by atoms with Gasteiger partial charge in [0.15, 0.2) is 5.78 Å². The minimum absolute atomic E-state index is 0.0122. The molecule has 3 heterocycles. The minimum Gasteiger partial charge on any atom is -0.486 e. The lowest BCUT2D eigenvalue weighted by atomic mass is 9.69. The van der Waals surface area contributed by atoms with Crippen LogP contribution in [0.5, 0.6) is 5.75 Å². The van der Waals surface area contributed by atoms with Crippen molar-refractivity contribution in [2.24, 2.45) is 5.41 Å². The van der Waals surface area contributed by atoms with Gasteiger partial charge in [-0.15, -0.1) is 0 Å². The summed E-state index contributed by atoms with van der Waals surface area (Å²) < 4.78 is 28.1. The maximum atomic E-state index is 15.0. The Morgan fingerprint density at radius 3 is 2.00 bits per heavy atom. The van der Waals surface area contributed by atoms with Crippen LogP contribution in [0.25, 0.3) is 0 Å². The highest BCUT2D eigenvalue weighted by molar-refractivity contribution is 6.14. The van der Waals surface area contributed by atoms with Gasteiger partial charge >= 0.3 is 23.9 Å². The normalized spacial score (nSPS) is 17.9. The maximum Gasteiger partial charge on any atom is 0.329 e. The Kier molecular flexibility index (Phi) is 11.4. The molecule has 12 nitrogen and oxygen atoms in total. The first-order valence-electron chi connectivity index (χ1n) is 17.8. The van der Waals surface area contributed by atoms with Crippen LogP contribution in [0.1, 0.15) is 73.0 Å². The molecule has 3 aromatic carbocycles. The van der Waals surface area contributed by atoms with E-state index in [0.717, 1.165) is 16.7 Å². The van der Waals surface area contributed by atoms with Crippen molar-refractivity contribution in [2.45, 2.75) is 77.7 Å². The highest BCUT2D eigenvalue weighted by atomic mass is 16.5. The summed E-state index contributed by atoms with van der Waals surface area (Å²) in [6, 6.07) is 19.7. The number of fused-ring (bicyclic) bond motifs is 2. The number of benzene rings is 3. The highest BCUT2D eigenvalue weighted by Crippen LogP contribution is 2.53. The molecule has 0 aromatic heterocycles. The summed E-state index contributed by atoms with van der Waals surface area (Å²) in [5.41, 5.74) is 2.49. The lowest BCUT2D eigenvalue weighted by molar-refractivity contribution is -0.147. The molecule has 1 N–H and O–H groups in total. The number of ketones is 1. The molecule has 0 amide bonds. The first-order chi connectivity index (χ1) is 25.2. The fourth-order valence-corrected chi connectivity index (χ4v) is 7.22. The Morgan fingerprint density at radius 2 is 1.42 bits per heavy atom. The fraction of sp³-hybridized carbons (Fsp3) is 0.425. The van der Waals surface area contributed by atoms with Crippen LogP contribution in [0.4, 0.5) is 11.4 Å². The number of carbonyl (C=O) groups is 5. The Labute approximate surface area is 302 Å². The lowest BCUT2D eigenvalue weighted by Crippen LogP contribution is -2.53. The van der Waals surface area contributed by atoms with Gasteiger partial charge in [0, 0.05) is 25.8 Å². The molecule has 0 saturated heterocycles. The summed E-state index contributed by atoms with van der Waals surface area (Å²) >= 11 is 0. The predicted octanol–water partition coefficient (Wildman–Crippen LogP) is 5.34. The number of carbonyl (C=O) groups excluding carboxylic acids is 5. The van der Waals surface area contributed by atoms with Crippen molar-refractivity contribution in [2.75, 3.05) is 36.5 Å². The van der Waals surface area contributed by atoms with Gasteiger partial charge in [0.25, 0.3) is 0 Å². The Bertz CT molecular complexity index is 1740. The van der Waals surface area contributed by atoms with Crippen molar-refractivity contribution in [3.63, 3.8) is 0 Å². The van der Waals surface area contributed by atoms with Crippen LogP contribution in [0.3, 0.4) is 0 Å². The van der Waals surface area contributed by atoms with Gasteiger partial charge in [-0.3, -0.25) is 19.2 Å². The van der Waals surface area contributed by atoms with E-state index in [0.29, 0.717) is 22.7 Å². The predicted molar refractivity (Wildman–Crippen MR) is 190 cm³/mol. The van der Waals surface area contributed by atoms with E-state index in [9.17, 15) is 19.2 Å². The zero-order valence-electron chi connectivity index (χ0n) is 29.5. The zero-order valence-corrected chi connectivity index (χ0v) is 29.5. The molecule has 3 aromatic rings. The summed E-state index contributed by atoms with van der Waals surface area (Å²) in [5, 5.41) is 3.33. The van der Waals surface area contributed by atoms with Crippen molar-refractivity contribution >= 4 is 41.0 Å². The summed E-state index contributed by atoms with van der Waals surface area (Å²) in [4.78, 5) is 69.1. The molecule has 2 atom stereocenters. The molecule has 0 fully saturated rings. The minimum atomic E-state index is -1.28. The van der Waals surface area contributed by atoms with E-state index in [2.05, 4.69) is 5.32 Å². The molecule has 0 aliphatic carbocycles. The number of Topliss-reactive ketones (excluding diaryl/α,β-unsaturated/α-hetero) is 1. The second kappa shape index (κ2) is 16.3. The van der Waals surface area contributed by atoms with Crippen molar-refractivity contribution in [1.82, 2.24) is 0 Å². The molecule has 52 heavy (non-hydrogen) atoms. The number of hydrogen-bond acceptors (Lipinski definition) is 12. The first kappa shape index (κ1) is 36.4. The topological polar surface area (TPSA) is 147 Å². The smallest absolute Gasteiger partial charge is 0.329 e. The third-order valence-electron chi connectivity index (χ3n) is 9.76. The van der Waals surface area contributed by atoms with Crippen LogP contribution >= 0.6 is 0 Å². The number of nitrogens with one attached hydrogen (secondary N) is 1. The Morgan fingerprint density at radius 1 is 0.827 bits per heavy atom. The monoisotopic (exact) mass is 712 g/mol. The summed E-state index contributed by atoms with van der Waals surface area (Å²) in [6.07, 6.45) is -0.348. The van der Waals surface area contributed by atoms with Gasteiger partial charge in [-0.25, -0.2) is 4.79 Å². The van der Waals surface area contributed by atoms with Crippen LogP contribution in [0.15, 0.2) is 66.7 Å². The molecule has 3 aliphatic heterocycles. The number of anilines is 2. The molecule has 3 aliphatic rings. The van der Waals surface area contributed by atoms with E-state index in [1.807, 2.05) is 71.6 Å². The quantitative estimate of drug-likeness (QED) is 0.160. The highest BCUT2D eigenvalue weighted by Gasteiger charge is 2.53. The van der Waals surface area contributed by atoms with Gasteiger partial charge in [-0.1, -0.05) is 60.7 Å². The second-order valence-electron chi connectivity index (χ2n) is 13.3. The van der Waals surface area contributed by atoms with Crippen LogP contribution in [-0.2, 0) is 57.8 Å². The molecule has 0 radical (unpaired) electrons. The summed E-state index contributed by atoms with van der Waals surface area (Å²) in [5.74, 6) is -1.71. The largest absolute Gasteiger partial charge is 0.486 e. The van der Waals surface area contributed by atoms with E-state index in [4.69, 9.17) is 23.7 Å². The molecular weight excluding hydrogens is 668 g/mol. The van der Waals surface area contributed by atoms with Crippen molar-refractivity contribution in [3.05, 3.63) is 89.0 Å². The molecule has 0 bridgehead atoms. The third kappa shape index (κ3) is 8.06. The second-order valence-corrected chi connectivity index (χ2v) is 13.3. The molecule has 12 heteroatoms. The molecule has 274 valence electrons. The Hall–Kier alpha value is -5.39. The average Bonchev–Trinajstić information content (AvgIpc) is 3.51. The number of hydrogen-bond donors (Lipinski definition) is 1. The number of ether oxygens (including phenoxy) is 5. The number of nitrogens with zero attached hydrogens (tertiary/aromatic N) is 1. The lowest BCUT2D eigenvalue weighted by Gasteiger charge is -2.44. The van der Waals surface area contributed by atoms with Gasteiger partial charge in [0.05, 0.1) is 48.5 Å². The summed E-state index contributed by atoms with van der Waals surface area (Å²) in [6.45, 7) is 4.36. The van der Waals surface area contributed by atoms with Crippen molar-refractivity contribution in [3.8, 4) is 5.75 Å². The van der Waals surface area contributed by atoms with Crippen LogP contribution in [0, 0.1) is 5.41 Å². The fourth-order valence-electron chi connectivity index (χ4n) is 7.22. The van der Waals surface area contributed by atoms with Crippen molar-refractivity contribution < 1.29 is 47.7 Å². The van der Waals surface area contributed by atoms with Gasteiger partial charge < -0.3 is 33.9 Å². The molecule has 0 spiro atoms. The third-order valence-corrected chi connectivity index (χ3v) is 9.76. The summed E-state index contributed by atoms with van der Waals surface area (Å²) in [7, 11) is 0. The van der Waals surface area contributed by atoms with Crippen LogP contribution < -0.4 is 15.0 Å². The van der Waals surface area contributed by atoms with Gasteiger partial charge in [0.1, 0.15) is 31.1 Å². The van der Waals surface area contributed by atoms with Crippen LogP contribution in [0.2, 0.25) is 0 Å². The maximum absolute atomic E-state index is 15.0. The SMILES string of the molecule is CCOC(=O)CC1CNc2c(cc3c4c2C(=O)C(CCC(=O)OCc2ccccc2)(CCC(=O)OCc2ccccc2)CN4C(C(=O)OCC)C3)O1. The first-order valence-corrected chi connectivity index (χ1v) is 17.8. The number of esters is 4. The molecule has 2 unspecified atom stereocenters. The van der Waals surface area contributed by atoms with Gasteiger partial charge in [0.2, 0.25) is 0 Å².